The summed E-state index contributed by atoms with van der Waals surface area (Å²) in [6, 6.07) is 1.92. The number of nitriles is 1. The molecule has 1 atom stereocenters. The highest BCUT2D eigenvalue weighted by atomic mass is 16.5. The summed E-state index contributed by atoms with van der Waals surface area (Å²) in [4.78, 5) is 11.1. The minimum Gasteiger partial charge on any atom is -0.463 e. The summed E-state index contributed by atoms with van der Waals surface area (Å²) in [5.41, 5.74) is 0.784. The van der Waals surface area contributed by atoms with E-state index in [-0.39, 0.29) is 0 Å². The molecule has 70 valence electrons. The van der Waals surface area contributed by atoms with Crippen molar-refractivity contribution >= 4 is 5.97 Å². The van der Waals surface area contributed by atoms with Crippen LogP contribution in [0.1, 0.15) is 13.8 Å². The molecule has 1 rings (SSSR count). The molecular formula is C9H11NO3. The molecule has 0 spiro atoms. The van der Waals surface area contributed by atoms with E-state index in [4.69, 9.17) is 14.7 Å². The third kappa shape index (κ3) is 1.87. The molecule has 4 nitrogen and oxygen atoms in total. The van der Waals surface area contributed by atoms with Gasteiger partial charge in [0.25, 0.3) is 0 Å². The minimum atomic E-state index is -0.433. The van der Waals surface area contributed by atoms with Crippen molar-refractivity contribution in [1.29, 1.82) is 5.26 Å². The van der Waals surface area contributed by atoms with E-state index in [2.05, 4.69) is 0 Å². The van der Waals surface area contributed by atoms with Gasteiger partial charge in [-0.15, -0.1) is 0 Å². The van der Waals surface area contributed by atoms with Crippen LogP contribution in [0.25, 0.3) is 0 Å². The molecule has 4 heteroatoms. The monoisotopic (exact) mass is 181 g/mol. The third-order valence-corrected chi connectivity index (χ3v) is 1.68. The van der Waals surface area contributed by atoms with E-state index in [1.54, 1.807) is 6.92 Å². The fraction of sp³-hybridized carbons (Fsp3) is 0.556. The lowest BCUT2D eigenvalue weighted by Gasteiger charge is -1.99. The Kier molecular flexibility index (Phi) is 3.04. The summed E-state index contributed by atoms with van der Waals surface area (Å²) in [7, 11) is 0. The molecule has 0 saturated heterocycles. The molecule has 0 aromatic rings. The molecule has 0 fully saturated rings. The van der Waals surface area contributed by atoms with Crippen molar-refractivity contribution in [2.24, 2.45) is 0 Å². The average Bonchev–Trinajstić information content (AvgIpc) is 2.79. The molecule has 1 aliphatic rings. The van der Waals surface area contributed by atoms with Crippen LogP contribution in [0.2, 0.25) is 0 Å². The smallest absolute Gasteiger partial charge is 0.338 e. The second-order valence-corrected chi connectivity index (χ2v) is 2.50. The topological polar surface area (TPSA) is 59.3 Å². The van der Waals surface area contributed by atoms with Crippen LogP contribution in [0.5, 0.6) is 0 Å². The zero-order valence-corrected chi connectivity index (χ0v) is 7.66. The molecule has 1 unspecified atom stereocenters. The predicted molar refractivity (Wildman–Crippen MR) is 44.7 cm³/mol. The maximum absolute atomic E-state index is 11.1. The SMILES string of the molecule is CCOC(=O)C1=C(C#N)C1OCC. The van der Waals surface area contributed by atoms with Gasteiger partial charge in [0.1, 0.15) is 6.10 Å². The standard InChI is InChI=1S/C9H11NO3/c1-3-12-8-6(5-10)7(8)9(11)13-4-2/h8H,3-4H2,1-2H3. The van der Waals surface area contributed by atoms with Gasteiger partial charge in [0, 0.05) is 6.61 Å². The van der Waals surface area contributed by atoms with E-state index in [0.717, 1.165) is 0 Å². The fourth-order valence-electron chi connectivity index (χ4n) is 1.08. The number of rotatable bonds is 4. The van der Waals surface area contributed by atoms with Gasteiger partial charge in [-0.3, -0.25) is 0 Å². The van der Waals surface area contributed by atoms with Gasteiger partial charge in [0.2, 0.25) is 0 Å². The van der Waals surface area contributed by atoms with Crippen LogP contribution in [0.15, 0.2) is 11.1 Å². The first-order valence-corrected chi connectivity index (χ1v) is 4.19. The summed E-state index contributed by atoms with van der Waals surface area (Å²) in [5, 5.41) is 8.59. The van der Waals surface area contributed by atoms with Crippen molar-refractivity contribution in [1.82, 2.24) is 0 Å². The number of hydrogen-bond acceptors (Lipinski definition) is 4. The summed E-state index contributed by atoms with van der Waals surface area (Å²) in [6.45, 7) is 4.34. The van der Waals surface area contributed by atoms with Crippen molar-refractivity contribution < 1.29 is 14.3 Å². The Morgan fingerprint density at radius 3 is 2.69 bits per heavy atom. The summed E-state index contributed by atoms with van der Waals surface area (Å²) >= 11 is 0. The molecule has 0 saturated carbocycles. The second-order valence-electron chi connectivity index (χ2n) is 2.50. The number of nitrogens with zero attached hydrogens (tertiary/aromatic N) is 1. The Balaban J connectivity index is 2.55. The van der Waals surface area contributed by atoms with Crippen molar-refractivity contribution in [2.75, 3.05) is 13.2 Å². The highest BCUT2D eigenvalue weighted by molar-refractivity contribution is 5.99. The molecule has 0 N–H and O–H groups in total. The van der Waals surface area contributed by atoms with Crippen LogP contribution < -0.4 is 0 Å². The highest BCUT2D eigenvalue weighted by Crippen LogP contribution is 2.34. The number of ether oxygens (including phenoxy) is 2. The molecular weight excluding hydrogens is 170 g/mol. The Morgan fingerprint density at radius 2 is 2.23 bits per heavy atom. The number of esters is 1. The van der Waals surface area contributed by atoms with E-state index in [1.165, 1.54) is 0 Å². The van der Waals surface area contributed by atoms with Gasteiger partial charge in [0.15, 0.2) is 0 Å². The van der Waals surface area contributed by atoms with Crippen LogP contribution in [-0.2, 0) is 14.3 Å². The first kappa shape index (κ1) is 9.75. The van der Waals surface area contributed by atoms with Gasteiger partial charge in [-0.05, 0) is 13.8 Å². The quantitative estimate of drug-likeness (QED) is 0.601. The maximum atomic E-state index is 11.1. The molecule has 0 amide bonds. The fourth-order valence-corrected chi connectivity index (χ4v) is 1.08. The zero-order valence-electron chi connectivity index (χ0n) is 7.66. The molecule has 0 radical (unpaired) electrons. The normalized spacial score (nSPS) is 19.6. The Labute approximate surface area is 76.7 Å². The van der Waals surface area contributed by atoms with Crippen molar-refractivity contribution in [3.05, 3.63) is 11.1 Å². The van der Waals surface area contributed by atoms with Crippen molar-refractivity contribution in [3.8, 4) is 6.07 Å². The Morgan fingerprint density at radius 1 is 1.54 bits per heavy atom. The van der Waals surface area contributed by atoms with Gasteiger partial charge in [-0.2, -0.15) is 5.26 Å². The Bertz CT molecular complexity index is 288. The first-order valence-electron chi connectivity index (χ1n) is 4.19. The molecule has 0 aromatic carbocycles. The number of hydrogen-bond donors (Lipinski definition) is 0. The average molecular weight is 181 g/mol. The largest absolute Gasteiger partial charge is 0.463 e. The van der Waals surface area contributed by atoms with Gasteiger partial charge >= 0.3 is 5.97 Å². The van der Waals surface area contributed by atoms with Crippen LogP contribution >= 0.6 is 0 Å². The van der Waals surface area contributed by atoms with Crippen LogP contribution in [0.4, 0.5) is 0 Å². The van der Waals surface area contributed by atoms with E-state index in [0.29, 0.717) is 24.4 Å². The lowest BCUT2D eigenvalue weighted by atomic mass is 10.5. The van der Waals surface area contributed by atoms with Crippen LogP contribution in [-0.4, -0.2) is 25.3 Å². The molecule has 0 aromatic heterocycles. The second kappa shape index (κ2) is 4.06. The molecule has 0 bridgehead atoms. The minimum absolute atomic E-state index is 0.319. The molecule has 0 aliphatic heterocycles. The molecule has 13 heavy (non-hydrogen) atoms. The van der Waals surface area contributed by atoms with E-state index in [1.807, 2.05) is 13.0 Å². The molecule has 1 aliphatic carbocycles. The van der Waals surface area contributed by atoms with Gasteiger partial charge < -0.3 is 9.47 Å². The van der Waals surface area contributed by atoms with Crippen molar-refractivity contribution in [3.63, 3.8) is 0 Å². The summed E-state index contributed by atoms with van der Waals surface area (Å²) < 4.78 is 9.89. The summed E-state index contributed by atoms with van der Waals surface area (Å²) in [5.74, 6) is -0.433. The lowest BCUT2D eigenvalue weighted by Crippen LogP contribution is -2.08. The zero-order chi connectivity index (χ0) is 9.84. The first-order chi connectivity index (χ1) is 6.26. The van der Waals surface area contributed by atoms with E-state index < -0.39 is 12.1 Å². The van der Waals surface area contributed by atoms with Gasteiger partial charge in [0.05, 0.1) is 23.8 Å². The van der Waals surface area contributed by atoms with E-state index >= 15 is 0 Å². The predicted octanol–water partition coefficient (Wildman–Crippen LogP) is 0.788. The van der Waals surface area contributed by atoms with Gasteiger partial charge in [-0.25, -0.2) is 4.79 Å². The maximum Gasteiger partial charge on any atom is 0.338 e. The van der Waals surface area contributed by atoms with Crippen LogP contribution in [0, 0.1) is 11.3 Å². The summed E-state index contributed by atoms with van der Waals surface area (Å²) in [6.07, 6.45) is -0.408. The van der Waals surface area contributed by atoms with Crippen LogP contribution in [0.3, 0.4) is 0 Å². The van der Waals surface area contributed by atoms with Gasteiger partial charge in [-0.1, -0.05) is 0 Å². The third-order valence-electron chi connectivity index (χ3n) is 1.68. The lowest BCUT2D eigenvalue weighted by molar-refractivity contribution is -0.138. The highest BCUT2D eigenvalue weighted by Gasteiger charge is 2.43. The molecule has 0 heterocycles. The Hall–Kier alpha value is -1.34. The number of carbonyl (C=O) groups is 1. The number of carbonyl (C=O) groups excluding carboxylic acids is 1. The van der Waals surface area contributed by atoms with Crippen molar-refractivity contribution in [2.45, 2.75) is 20.0 Å². The van der Waals surface area contributed by atoms with E-state index in [9.17, 15) is 4.79 Å².